The minimum atomic E-state index is -3.52. The molecular weight excluding hydrogens is 830 g/mol. The molecule has 0 N–H and O–H groups in total. The number of aliphatic imine (C=N–C) groups is 1. The quantitative estimate of drug-likeness (QED) is 0.0592. The van der Waals surface area contributed by atoms with E-state index in [-0.39, 0.29) is 25.6 Å². The molecule has 48 heavy (non-hydrogen) atoms. The first kappa shape index (κ1) is 40.1. The summed E-state index contributed by atoms with van der Waals surface area (Å²) in [5.41, 5.74) is 5.52. The van der Waals surface area contributed by atoms with Crippen LogP contribution >= 0.6 is 55.6 Å². The fraction of sp³-hybridized carbons (Fsp3) is 0.312. The largest absolute Gasteiger partial charge is 0.485 e. The van der Waals surface area contributed by atoms with E-state index in [1.807, 2.05) is 79.2 Å². The summed E-state index contributed by atoms with van der Waals surface area (Å²) in [6, 6.07) is 19.6. The first-order valence-electron chi connectivity index (χ1n) is 14.5. The zero-order valence-electron chi connectivity index (χ0n) is 26.5. The Hall–Kier alpha value is -2.37. The normalized spacial score (nSPS) is 11.9. The first-order valence-corrected chi connectivity index (χ1v) is 20.6. The molecule has 0 fully saturated rings. The molecule has 3 aromatic carbocycles. The van der Waals surface area contributed by atoms with Gasteiger partial charge in [0.05, 0.1) is 41.6 Å². The maximum Gasteiger partial charge on any atom is 0.264 e. The summed E-state index contributed by atoms with van der Waals surface area (Å²) >= 11 is 8.51. The number of aryl methyl sites for hydroxylation is 1. The zero-order chi connectivity index (χ0) is 34.0. The van der Waals surface area contributed by atoms with Crippen LogP contribution in [-0.2, 0) is 35.2 Å². The van der Waals surface area contributed by atoms with Crippen molar-refractivity contribution >= 4 is 93.4 Å². The molecule has 260 valence electrons. The molecular formula is C32H36Br2ClN3O7S3. The highest BCUT2D eigenvalue weighted by molar-refractivity contribution is 9.11. The summed E-state index contributed by atoms with van der Waals surface area (Å²) in [5.74, 6) is 0.753. The molecule has 0 aliphatic carbocycles. The molecule has 0 atom stereocenters. The zero-order valence-corrected chi connectivity index (χ0v) is 32.9. The Labute approximate surface area is 309 Å². The van der Waals surface area contributed by atoms with Crippen molar-refractivity contribution < 1.29 is 29.9 Å². The Morgan fingerprint density at radius 1 is 0.896 bits per heavy atom. The van der Waals surface area contributed by atoms with Crippen LogP contribution in [0.4, 0.5) is 11.4 Å². The number of benzene rings is 3. The summed E-state index contributed by atoms with van der Waals surface area (Å²) in [5, 5.41) is 2.89. The highest BCUT2D eigenvalue weighted by Gasteiger charge is 2.12. The van der Waals surface area contributed by atoms with Crippen molar-refractivity contribution in [1.29, 1.82) is 0 Å². The van der Waals surface area contributed by atoms with Crippen molar-refractivity contribution in [2.75, 3.05) is 43.7 Å². The summed E-state index contributed by atoms with van der Waals surface area (Å²) in [6.07, 6.45) is 4.79. The number of nitrogens with zero attached hydrogens (tertiary/aromatic N) is 3. The Morgan fingerprint density at radius 2 is 1.54 bits per heavy atom. The molecule has 4 aromatic rings. The number of anilines is 1. The molecule has 16 heteroatoms. The topological polar surface area (TPSA) is 124 Å². The van der Waals surface area contributed by atoms with Crippen LogP contribution in [0, 0.1) is 6.92 Å². The van der Waals surface area contributed by atoms with Crippen LogP contribution in [-0.4, -0.2) is 66.8 Å². The fourth-order valence-corrected chi connectivity index (χ4v) is 7.12. The van der Waals surface area contributed by atoms with Gasteiger partial charge in [-0.1, -0.05) is 34.1 Å². The molecule has 0 bridgehead atoms. The lowest BCUT2D eigenvalue weighted by Gasteiger charge is -2.25. The van der Waals surface area contributed by atoms with Gasteiger partial charge in [-0.3, -0.25) is 13.4 Å². The lowest BCUT2D eigenvalue weighted by molar-refractivity contribution is 0.303. The fourth-order valence-electron chi connectivity index (χ4n) is 4.41. The van der Waals surface area contributed by atoms with E-state index < -0.39 is 20.2 Å². The molecule has 1 heterocycles. The second-order valence-electron chi connectivity index (χ2n) is 10.6. The van der Waals surface area contributed by atoms with Crippen LogP contribution in [0.3, 0.4) is 0 Å². The molecule has 0 saturated heterocycles. The Balaban J connectivity index is 0.00000625. The van der Waals surface area contributed by atoms with Crippen molar-refractivity contribution in [3.8, 4) is 17.0 Å². The summed E-state index contributed by atoms with van der Waals surface area (Å²) in [7, 11) is -7.05. The van der Waals surface area contributed by atoms with Crippen molar-refractivity contribution in [3.63, 3.8) is 0 Å². The SMILES string of the molecule is Cc1cc(N(CCCOS(C)(=O)=O)CCCOS(C)(=O)=O)ccc1C=Nc1ccc(-c2csc(COc3ccc(Br)cc3Br)n2)cc1.Cl. The number of halogens is 3. The van der Waals surface area contributed by atoms with Gasteiger partial charge < -0.3 is 9.64 Å². The first-order chi connectivity index (χ1) is 22.3. The van der Waals surface area contributed by atoms with Crippen LogP contribution in [0.25, 0.3) is 11.3 Å². The van der Waals surface area contributed by atoms with Crippen LogP contribution in [0.2, 0.25) is 0 Å². The summed E-state index contributed by atoms with van der Waals surface area (Å²) < 4.78 is 62.8. The Morgan fingerprint density at radius 3 is 2.12 bits per heavy atom. The number of hydrogen-bond donors (Lipinski definition) is 0. The molecule has 0 saturated carbocycles. The van der Waals surface area contributed by atoms with Gasteiger partial charge in [0, 0.05) is 40.4 Å². The van der Waals surface area contributed by atoms with Gasteiger partial charge in [0.2, 0.25) is 0 Å². The van der Waals surface area contributed by atoms with Crippen molar-refractivity contribution in [3.05, 3.63) is 91.1 Å². The van der Waals surface area contributed by atoms with Gasteiger partial charge in [-0.25, -0.2) is 4.98 Å². The van der Waals surface area contributed by atoms with Gasteiger partial charge in [0.15, 0.2) is 0 Å². The maximum atomic E-state index is 11.3. The second-order valence-corrected chi connectivity index (χ2v) is 16.6. The van der Waals surface area contributed by atoms with Gasteiger partial charge >= 0.3 is 0 Å². The second kappa shape index (κ2) is 18.6. The standard InChI is InChI=1S/C32H35Br2N3O7S3.ClH/c1-23-18-28(37(14-4-16-43-46(2,38)39)15-5-17-44-47(3,40)41)12-8-25(23)20-35-27-10-6-24(7-11-27)30-22-45-32(36-30)21-42-31-13-9-26(33)19-29(31)34;/h6-13,18-20,22H,4-5,14-17,21H2,1-3H3;1H. The molecule has 10 nitrogen and oxygen atoms in total. The molecule has 4 rings (SSSR count). The average Bonchev–Trinajstić information content (AvgIpc) is 3.47. The lowest BCUT2D eigenvalue weighted by Crippen LogP contribution is -2.28. The van der Waals surface area contributed by atoms with Crippen LogP contribution in [0.5, 0.6) is 5.75 Å². The number of aromatic nitrogens is 1. The minimum Gasteiger partial charge on any atom is -0.485 e. The number of rotatable bonds is 17. The van der Waals surface area contributed by atoms with Gasteiger partial charge in [-0.05, 0) is 89.3 Å². The summed E-state index contributed by atoms with van der Waals surface area (Å²) in [6.45, 7) is 3.51. The van der Waals surface area contributed by atoms with Gasteiger partial charge in [0.25, 0.3) is 20.2 Å². The molecule has 0 aliphatic rings. The van der Waals surface area contributed by atoms with E-state index >= 15 is 0 Å². The van der Waals surface area contributed by atoms with Crippen molar-refractivity contribution in [1.82, 2.24) is 4.98 Å². The smallest absolute Gasteiger partial charge is 0.264 e. The van der Waals surface area contributed by atoms with Crippen LogP contribution in [0.1, 0.15) is 29.0 Å². The Bertz CT molecular complexity index is 1870. The molecule has 0 radical (unpaired) electrons. The molecule has 0 amide bonds. The predicted octanol–water partition coefficient (Wildman–Crippen LogP) is 7.93. The predicted molar refractivity (Wildman–Crippen MR) is 202 cm³/mol. The minimum absolute atomic E-state index is 0. The van der Waals surface area contributed by atoms with Crippen molar-refractivity contribution in [2.45, 2.75) is 26.4 Å². The molecule has 1 aromatic heterocycles. The number of ether oxygens (including phenoxy) is 1. The van der Waals surface area contributed by atoms with E-state index in [0.717, 1.165) is 66.0 Å². The van der Waals surface area contributed by atoms with Crippen LogP contribution < -0.4 is 9.64 Å². The van der Waals surface area contributed by atoms with E-state index in [0.29, 0.717) is 32.5 Å². The van der Waals surface area contributed by atoms with Crippen molar-refractivity contribution in [2.24, 2.45) is 4.99 Å². The van der Waals surface area contributed by atoms with Gasteiger partial charge in [-0.15, -0.1) is 23.7 Å². The lowest BCUT2D eigenvalue weighted by atomic mass is 10.1. The van der Waals surface area contributed by atoms with E-state index in [9.17, 15) is 16.8 Å². The van der Waals surface area contributed by atoms with Gasteiger partial charge in [-0.2, -0.15) is 16.8 Å². The van der Waals surface area contributed by atoms with E-state index in [1.54, 1.807) is 11.3 Å². The third-order valence-corrected chi connectivity index (χ3v) is 9.80. The van der Waals surface area contributed by atoms with E-state index in [4.69, 9.17) is 18.1 Å². The third kappa shape index (κ3) is 13.5. The Kier molecular flexibility index (Phi) is 15.5. The summed E-state index contributed by atoms with van der Waals surface area (Å²) in [4.78, 5) is 11.4. The van der Waals surface area contributed by atoms with Gasteiger partial charge in [0.1, 0.15) is 17.4 Å². The van der Waals surface area contributed by atoms with Crippen LogP contribution in [0.15, 0.2) is 80.0 Å². The molecule has 0 aliphatic heterocycles. The monoisotopic (exact) mass is 863 g/mol. The maximum absolute atomic E-state index is 11.3. The third-order valence-electron chi connectivity index (χ3n) is 6.67. The highest BCUT2D eigenvalue weighted by atomic mass is 79.9. The average molecular weight is 866 g/mol. The number of hydrogen-bond acceptors (Lipinski definition) is 11. The number of thiazole rings is 1. The molecule has 0 unspecified atom stereocenters. The molecule has 0 spiro atoms. The van der Waals surface area contributed by atoms with E-state index in [1.165, 1.54) is 0 Å². The highest BCUT2D eigenvalue weighted by Crippen LogP contribution is 2.30. The van der Waals surface area contributed by atoms with E-state index in [2.05, 4.69) is 41.8 Å².